The molecule has 1 N–H and O–H groups in total. The topological polar surface area (TPSA) is 38.3 Å². The van der Waals surface area contributed by atoms with Crippen LogP contribution in [0.4, 0.5) is 0 Å². The lowest BCUT2D eigenvalue weighted by Crippen LogP contribution is -2.55. The molecule has 0 aromatic heterocycles. The van der Waals surface area contributed by atoms with E-state index in [9.17, 15) is 4.79 Å². The highest BCUT2D eigenvalue weighted by atomic mass is 16.5. The van der Waals surface area contributed by atoms with Gasteiger partial charge in [0, 0.05) is 6.04 Å². The Labute approximate surface area is 111 Å². The summed E-state index contributed by atoms with van der Waals surface area (Å²) in [6, 6.07) is 0.513. The SMILES string of the molecule is CCOC(=O)C(C)(CC1CCC1)NC1CCCC1. The molecule has 2 aliphatic rings. The Balaban J connectivity index is 1.96. The largest absolute Gasteiger partial charge is 0.465 e. The van der Waals surface area contributed by atoms with Crippen LogP contribution in [0.2, 0.25) is 0 Å². The van der Waals surface area contributed by atoms with Crippen molar-refractivity contribution in [3.8, 4) is 0 Å². The summed E-state index contributed by atoms with van der Waals surface area (Å²) in [5.41, 5.74) is -0.462. The highest BCUT2D eigenvalue weighted by Gasteiger charge is 2.40. The Kier molecular flexibility index (Phi) is 4.66. The molecule has 0 spiro atoms. The van der Waals surface area contributed by atoms with Gasteiger partial charge in [-0.3, -0.25) is 10.1 Å². The van der Waals surface area contributed by atoms with Crippen LogP contribution in [0.3, 0.4) is 0 Å². The first-order valence-electron chi connectivity index (χ1n) is 7.59. The summed E-state index contributed by atoms with van der Waals surface area (Å²) < 4.78 is 5.29. The Morgan fingerprint density at radius 2 is 1.89 bits per heavy atom. The molecule has 0 saturated heterocycles. The van der Waals surface area contributed by atoms with Crippen molar-refractivity contribution in [2.75, 3.05) is 6.61 Å². The van der Waals surface area contributed by atoms with Gasteiger partial charge in [-0.25, -0.2) is 0 Å². The van der Waals surface area contributed by atoms with E-state index in [1.54, 1.807) is 0 Å². The van der Waals surface area contributed by atoms with Gasteiger partial charge in [0.2, 0.25) is 0 Å². The molecule has 1 atom stereocenters. The minimum absolute atomic E-state index is 0.0520. The van der Waals surface area contributed by atoms with Gasteiger partial charge in [-0.2, -0.15) is 0 Å². The lowest BCUT2D eigenvalue weighted by Gasteiger charge is -2.37. The van der Waals surface area contributed by atoms with Crippen LogP contribution in [0.25, 0.3) is 0 Å². The molecule has 1 unspecified atom stereocenters. The molecular weight excluding hydrogens is 226 g/mol. The lowest BCUT2D eigenvalue weighted by atomic mass is 9.76. The third-order valence-electron chi connectivity index (χ3n) is 4.53. The molecule has 0 aromatic rings. The Morgan fingerprint density at radius 1 is 1.22 bits per heavy atom. The fraction of sp³-hybridized carbons (Fsp3) is 0.933. The molecule has 0 aromatic carbocycles. The second-order valence-electron chi connectivity index (χ2n) is 6.18. The molecule has 0 aliphatic heterocycles. The molecule has 0 radical (unpaired) electrons. The Bertz CT molecular complexity index is 282. The van der Waals surface area contributed by atoms with E-state index in [1.807, 2.05) is 13.8 Å². The maximum Gasteiger partial charge on any atom is 0.326 e. The first kappa shape index (κ1) is 13.9. The molecule has 104 valence electrons. The summed E-state index contributed by atoms with van der Waals surface area (Å²) in [5, 5.41) is 3.60. The van der Waals surface area contributed by atoms with Crippen LogP contribution in [0.15, 0.2) is 0 Å². The molecule has 3 heteroatoms. The summed E-state index contributed by atoms with van der Waals surface area (Å²) in [5.74, 6) is 0.664. The molecule has 0 bridgehead atoms. The van der Waals surface area contributed by atoms with Crippen molar-refractivity contribution in [3.05, 3.63) is 0 Å². The summed E-state index contributed by atoms with van der Waals surface area (Å²) in [4.78, 5) is 12.2. The number of hydrogen-bond acceptors (Lipinski definition) is 3. The normalized spacial score (nSPS) is 24.6. The van der Waals surface area contributed by atoms with Crippen LogP contribution in [-0.4, -0.2) is 24.2 Å². The van der Waals surface area contributed by atoms with Gasteiger partial charge in [-0.1, -0.05) is 32.1 Å². The highest BCUT2D eigenvalue weighted by molar-refractivity contribution is 5.80. The Hall–Kier alpha value is -0.570. The van der Waals surface area contributed by atoms with Crippen LogP contribution in [0.1, 0.15) is 65.2 Å². The summed E-state index contributed by atoms with van der Waals surface area (Å²) in [7, 11) is 0. The molecule has 3 nitrogen and oxygen atoms in total. The third-order valence-corrected chi connectivity index (χ3v) is 4.53. The number of hydrogen-bond donors (Lipinski definition) is 1. The fourth-order valence-corrected chi connectivity index (χ4v) is 3.29. The predicted molar refractivity (Wildman–Crippen MR) is 72.4 cm³/mol. The lowest BCUT2D eigenvalue weighted by molar-refractivity contribution is -0.152. The molecule has 2 aliphatic carbocycles. The monoisotopic (exact) mass is 253 g/mol. The summed E-state index contributed by atoms with van der Waals surface area (Å²) in [6.45, 7) is 4.41. The molecule has 0 heterocycles. The van der Waals surface area contributed by atoms with Crippen molar-refractivity contribution in [3.63, 3.8) is 0 Å². The molecule has 2 fully saturated rings. The van der Waals surface area contributed by atoms with Crippen molar-refractivity contribution in [1.82, 2.24) is 5.32 Å². The van der Waals surface area contributed by atoms with E-state index in [1.165, 1.54) is 44.9 Å². The Morgan fingerprint density at radius 3 is 2.39 bits per heavy atom. The van der Waals surface area contributed by atoms with E-state index in [2.05, 4.69) is 5.32 Å². The summed E-state index contributed by atoms with van der Waals surface area (Å²) >= 11 is 0. The van der Waals surface area contributed by atoms with E-state index < -0.39 is 5.54 Å². The van der Waals surface area contributed by atoms with Gasteiger partial charge >= 0.3 is 5.97 Å². The number of carbonyl (C=O) groups excluding carboxylic acids is 1. The number of rotatable bonds is 6. The minimum atomic E-state index is -0.462. The second-order valence-corrected chi connectivity index (χ2v) is 6.18. The molecule has 0 amide bonds. The number of ether oxygens (including phenoxy) is 1. The first-order chi connectivity index (χ1) is 8.64. The van der Waals surface area contributed by atoms with Crippen molar-refractivity contribution in [2.45, 2.75) is 76.8 Å². The average molecular weight is 253 g/mol. The van der Waals surface area contributed by atoms with E-state index in [0.717, 1.165) is 6.42 Å². The van der Waals surface area contributed by atoms with Crippen molar-refractivity contribution < 1.29 is 9.53 Å². The van der Waals surface area contributed by atoms with Gasteiger partial charge in [-0.05, 0) is 39.0 Å². The molecule has 18 heavy (non-hydrogen) atoms. The maximum absolute atomic E-state index is 12.2. The molecule has 2 saturated carbocycles. The van der Waals surface area contributed by atoms with Crippen molar-refractivity contribution in [1.29, 1.82) is 0 Å². The molecular formula is C15H27NO2. The average Bonchev–Trinajstić information content (AvgIpc) is 2.77. The number of esters is 1. The highest BCUT2D eigenvalue weighted by Crippen LogP contribution is 2.35. The van der Waals surface area contributed by atoms with Crippen molar-refractivity contribution in [2.24, 2.45) is 5.92 Å². The fourth-order valence-electron chi connectivity index (χ4n) is 3.29. The van der Waals surface area contributed by atoms with Gasteiger partial charge in [0.05, 0.1) is 6.61 Å². The first-order valence-corrected chi connectivity index (χ1v) is 7.59. The zero-order valence-electron chi connectivity index (χ0n) is 11.8. The number of carbonyl (C=O) groups is 1. The predicted octanol–water partition coefficient (Wildman–Crippen LogP) is 3.03. The van der Waals surface area contributed by atoms with Crippen LogP contribution < -0.4 is 5.32 Å². The van der Waals surface area contributed by atoms with Crippen LogP contribution in [0.5, 0.6) is 0 Å². The summed E-state index contributed by atoms with van der Waals surface area (Å²) in [6.07, 6.45) is 9.83. The van der Waals surface area contributed by atoms with E-state index >= 15 is 0 Å². The van der Waals surface area contributed by atoms with E-state index in [0.29, 0.717) is 18.6 Å². The standard InChI is InChI=1S/C15H27NO2/c1-3-18-14(17)15(2,11-12-7-6-8-12)16-13-9-4-5-10-13/h12-13,16H,3-11H2,1-2H3. The van der Waals surface area contributed by atoms with Gasteiger partial charge in [0.1, 0.15) is 5.54 Å². The van der Waals surface area contributed by atoms with Gasteiger partial charge in [-0.15, -0.1) is 0 Å². The van der Waals surface area contributed by atoms with Crippen LogP contribution in [-0.2, 0) is 9.53 Å². The van der Waals surface area contributed by atoms with Gasteiger partial charge in [0.25, 0.3) is 0 Å². The zero-order chi connectivity index (χ0) is 13.0. The van der Waals surface area contributed by atoms with Crippen molar-refractivity contribution >= 4 is 5.97 Å². The van der Waals surface area contributed by atoms with Crippen LogP contribution >= 0.6 is 0 Å². The quantitative estimate of drug-likeness (QED) is 0.739. The van der Waals surface area contributed by atoms with Gasteiger partial charge < -0.3 is 4.74 Å². The van der Waals surface area contributed by atoms with E-state index in [4.69, 9.17) is 4.74 Å². The second kappa shape index (κ2) is 6.05. The van der Waals surface area contributed by atoms with E-state index in [-0.39, 0.29) is 5.97 Å². The molecule has 2 rings (SSSR count). The van der Waals surface area contributed by atoms with Gasteiger partial charge in [0.15, 0.2) is 0 Å². The minimum Gasteiger partial charge on any atom is -0.465 e. The van der Waals surface area contributed by atoms with Crippen LogP contribution in [0, 0.1) is 5.92 Å². The number of nitrogens with one attached hydrogen (secondary N) is 1. The zero-order valence-corrected chi connectivity index (χ0v) is 11.8. The smallest absolute Gasteiger partial charge is 0.326 e. The maximum atomic E-state index is 12.2. The third kappa shape index (κ3) is 3.25.